The fourth-order valence-corrected chi connectivity index (χ4v) is 8.63. The zero-order chi connectivity index (χ0) is 50.8. The van der Waals surface area contributed by atoms with E-state index in [0.717, 1.165) is 50.5 Å². The monoisotopic (exact) mass is 985 g/mol. The Kier molecular flexibility index (Phi) is 28.9. The van der Waals surface area contributed by atoms with Gasteiger partial charge in [0, 0.05) is 57.9 Å². The van der Waals surface area contributed by atoms with Crippen molar-refractivity contribution in [2.75, 3.05) is 59.3 Å². The molecule has 0 bridgehead atoms. The van der Waals surface area contributed by atoms with Gasteiger partial charge in [0.2, 0.25) is 5.91 Å². The molecule has 3 aromatic carbocycles. The van der Waals surface area contributed by atoms with Gasteiger partial charge in [-0.05, 0) is 80.7 Å². The van der Waals surface area contributed by atoms with Gasteiger partial charge in [0.15, 0.2) is 0 Å². The van der Waals surface area contributed by atoms with E-state index in [0.29, 0.717) is 78.4 Å². The van der Waals surface area contributed by atoms with Crippen molar-refractivity contribution in [1.82, 2.24) is 10.6 Å². The number of Topliss-reactive ketones (excluding diaryl/α,β-unsaturated/α-hetero) is 1. The molecule has 13 heteroatoms. The van der Waals surface area contributed by atoms with Crippen LogP contribution in [0.15, 0.2) is 78.9 Å². The Labute approximate surface area is 424 Å². The molecule has 2 N–H and O–H groups in total. The normalized spacial score (nSPS) is 12.4. The molecule has 1 atom stereocenters. The quantitative estimate of drug-likeness (QED) is 0.0317. The van der Waals surface area contributed by atoms with E-state index < -0.39 is 23.6 Å². The highest BCUT2D eigenvalue weighted by Crippen LogP contribution is 2.44. The summed E-state index contributed by atoms with van der Waals surface area (Å²) in [6, 6.07) is 25.9. The first kappa shape index (κ1) is 58.5. The summed E-state index contributed by atoms with van der Waals surface area (Å²) in [7, 11) is 0. The molecule has 0 saturated carbocycles. The van der Waals surface area contributed by atoms with E-state index in [9.17, 15) is 24.0 Å². The second-order valence-electron chi connectivity index (χ2n) is 19.5. The van der Waals surface area contributed by atoms with Gasteiger partial charge in [-0.25, -0.2) is 4.79 Å². The van der Waals surface area contributed by atoms with Crippen LogP contribution in [0.25, 0.3) is 11.1 Å². The van der Waals surface area contributed by atoms with Gasteiger partial charge in [-0.1, -0.05) is 143 Å². The lowest BCUT2D eigenvalue weighted by molar-refractivity contribution is -0.155. The van der Waals surface area contributed by atoms with Gasteiger partial charge in [-0.15, -0.1) is 0 Å². The Morgan fingerprint density at radius 3 is 1.59 bits per heavy atom. The highest BCUT2D eigenvalue weighted by molar-refractivity contribution is 5.85. The predicted octanol–water partition coefficient (Wildman–Crippen LogP) is 11.4. The van der Waals surface area contributed by atoms with Crippen LogP contribution in [-0.2, 0) is 54.2 Å². The number of ketones is 1. The van der Waals surface area contributed by atoms with Crippen LogP contribution >= 0.6 is 0 Å². The first-order chi connectivity index (χ1) is 34.5. The number of esters is 2. The largest absolute Gasteiger partial charge is 0.461 e. The summed E-state index contributed by atoms with van der Waals surface area (Å²) >= 11 is 0. The molecule has 2 amide bonds. The van der Waals surface area contributed by atoms with Crippen molar-refractivity contribution in [1.29, 1.82) is 0 Å². The molecule has 392 valence electrons. The molecule has 0 spiro atoms. The molecular weight excluding hydrogens is 901 g/mol. The second-order valence-corrected chi connectivity index (χ2v) is 19.5. The standard InChI is InChI=1S/C58H84N2O11/c1-58(2,3)71-55(63)32-18-13-11-9-7-5-4-6-8-10-12-17-27-48(61)43-47(56(64)69-44-46-25-15-14-16-26-46)33-34-54(62)59-35-23-37-66-39-41-68-42-40-67-38-24-36-60-57(65)70-45-53-51-30-21-19-28-49(51)50-29-20-22-31-52(50)53/h14-16,19-22,25-26,28-31,47,53H,4-13,17-18,23-24,27,32-45H2,1-3H3,(H,59,62)(H,60,65)/t47-/m1/s1. The first-order valence-electron chi connectivity index (χ1n) is 26.5. The summed E-state index contributed by atoms with van der Waals surface area (Å²) in [4.78, 5) is 63.1. The topological polar surface area (TPSA) is 165 Å². The SMILES string of the molecule is CC(C)(C)OC(=O)CCCCCCCCCCCCCCC(=O)C[C@@H](CCC(=O)NCCCOCCOCCOCCCNC(=O)OCC1c2ccccc2-c2ccccc21)C(=O)OCc1ccccc1. The number of carbonyl (C=O) groups excluding carboxylic acids is 5. The van der Waals surface area contributed by atoms with Crippen LogP contribution in [0.2, 0.25) is 0 Å². The van der Waals surface area contributed by atoms with Gasteiger partial charge >= 0.3 is 18.0 Å². The number of ether oxygens (including phenoxy) is 6. The number of fused-ring (bicyclic) bond motifs is 3. The number of amides is 2. The fourth-order valence-electron chi connectivity index (χ4n) is 8.63. The van der Waals surface area contributed by atoms with Crippen LogP contribution in [0.3, 0.4) is 0 Å². The summed E-state index contributed by atoms with van der Waals surface area (Å²) in [6.45, 7) is 9.62. The zero-order valence-electron chi connectivity index (χ0n) is 43.2. The van der Waals surface area contributed by atoms with Crippen molar-refractivity contribution in [3.8, 4) is 11.1 Å². The van der Waals surface area contributed by atoms with E-state index in [-0.39, 0.29) is 56.1 Å². The third-order valence-electron chi connectivity index (χ3n) is 12.4. The predicted molar refractivity (Wildman–Crippen MR) is 277 cm³/mol. The third-order valence-corrected chi connectivity index (χ3v) is 12.4. The number of benzene rings is 3. The van der Waals surface area contributed by atoms with E-state index in [1.807, 2.05) is 75.4 Å². The van der Waals surface area contributed by atoms with Crippen LogP contribution in [-0.4, -0.2) is 94.7 Å². The number of hydrogen-bond acceptors (Lipinski definition) is 11. The number of alkyl carbamates (subject to hydrolysis) is 1. The molecule has 1 aliphatic carbocycles. The number of nitrogens with one attached hydrogen (secondary N) is 2. The molecule has 4 rings (SSSR count). The maximum absolute atomic E-state index is 13.2. The minimum Gasteiger partial charge on any atom is -0.461 e. The highest BCUT2D eigenvalue weighted by atomic mass is 16.6. The van der Waals surface area contributed by atoms with Gasteiger partial charge in [-0.3, -0.25) is 19.2 Å². The molecule has 13 nitrogen and oxygen atoms in total. The Balaban J connectivity index is 0.948. The van der Waals surface area contributed by atoms with Gasteiger partial charge in [0.1, 0.15) is 24.6 Å². The fraction of sp³-hybridized carbons (Fsp3) is 0.603. The van der Waals surface area contributed by atoms with Crippen molar-refractivity contribution in [3.63, 3.8) is 0 Å². The molecule has 1 aliphatic rings. The number of unbranched alkanes of at least 4 members (excludes halogenated alkanes) is 11. The minimum absolute atomic E-state index is 0.0263. The average Bonchev–Trinajstić information content (AvgIpc) is 3.68. The molecule has 0 aliphatic heterocycles. The van der Waals surface area contributed by atoms with Crippen LogP contribution in [0.4, 0.5) is 4.79 Å². The van der Waals surface area contributed by atoms with Gasteiger partial charge in [0.25, 0.3) is 0 Å². The number of carbonyl (C=O) groups is 5. The van der Waals surface area contributed by atoms with Crippen LogP contribution in [0, 0.1) is 5.92 Å². The van der Waals surface area contributed by atoms with Gasteiger partial charge in [-0.2, -0.15) is 0 Å². The van der Waals surface area contributed by atoms with Crippen molar-refractivity contribution >= 4 is 29.7 Å². The van der Waals surface area contributed by atoms with E-state index in [4.69, 9.17) is 28.4 Å². The van der Waals surface area contributed by atoms with Crippen LogP contribution in [0.1, 0.15) is 165 Å². The molecule has 3 aromatic rings. The number of hydrogen-bond donors (Lipinski definition) is 2. The van der Waals surface area contributed by atoms with E-state index in [1.165, 1.54) is 54.4 Å². The smallest absolute Gasteiger partial charge is 0.407 e. The average molecular weight is 985 g/mol. The molecule has 0 aromatic heterocycles. The summed E-state index contributed by atoms with van der Waals surface area (Å²) < 4.78 is 33.4. The lowest BCUT2D eigenvalue weighted by Gasteiger charge is -2.19. The molecule has 0 heterocycles. The Morgan fingerprint density at radius 1 is 0.535 bits per heavy atom. The van der Waals surface area contributed by atoms with Gasteiger partial charge < -0.3 is 39.1 Å². The molecule has 71 heavy (non-hydrogen) atoms. The molecular formula is C58H84N2O11. The van der Waals surface area contributed by atoms with E-state index in [2.05, 4.69) is 34.9 Å². The molecule has 0 fully saturated rings. The van der Waals surface area contributed by atoms with Crippen molar-refractivity contribution in [3.05, 3.63) is 95.6 Å². The number of rotatable bonds is 39. The molecule has 0 saturated heterocycles. The maximum Gasteiger partial charge on any atom is 0.407 e. The van der Waals surface area contributed by atoms with Crippen LogP contribution in [0.5, 0.6) is 0 Å². The zero-order valence-corrected chi connectivity index (χ0v) is 43.2. The summed E-state index contributed by atoms with van der Waals surface area (Å²) in [5.74, 6) is -1.34. The lowest BCUT2D eigenvalue weighted by Crippen LogP contribution is -2.28. The van der Waals surface area contributed by atoms with Gasteiger partial charge in [0.05, 0.1) is 32.3 Å². The second kappa shape index (κ2) is 35.1. The summed E-state index contributed by atoms with van der Waals surface area (Å²) in [6.07, 6.45) is 15.4. The molecule has 0 radical (unpaired) electrons. The first-order valence-corrected chi connectivity index (χ1v) is 26.5. The lowest BCUT2D eigenvalue weighted by atomic mass is 9.94. The molecule has 0 unspecified atom stereocenters. The Morgan fingerprint density at radius 2 is 1.03 bits per heavy atom. The highest BCUT2D eigenvalue weighted by Gasteiger charge is 2.29. The third kappa shape index (κ3) is 25.7. The van der Waals surface area contributed by atoms with E-state index >= 15 is 0 Å². The van der Waals surface area contributed by atoms with Crippen LogP contribution < -0.4 is 10.6 Å². The van der Waals surface area contributed by atoms with Crippen molar-refractivity contribution in [2.24, 2.45) is 5.92 Å². The van der Waals surface area contributed by atoms with E-state index in [1.54, 1.807) is 0 Å². The summed E-state index contributed by atoms with van der Waals surface area (Å²) in [5.41, 5.74) is 5.20. The minimum atomic E-state index is -0.672. The van der Waals surface area contributed by atoms with Crippen molar-refractivity contribution < 1.29 is 52.4 Å². The Bertz CT molecular complexity index is 1940. The Hall–Kier alpha value is -5.11. The van der Waals surface area contributed by atoms with Crippen molar-refractivity contribution in [2.45, 2.75) is 161 Å². The maximum atomic E-state index is 13.2. The summed E-state index contributed by atoms with van der Waals surface area (Å²) in [5, 5.41) is 5.70.